The first-order valence-corrected chi connectivity index (χ1v) is 10.4. The summed E-state index contributed by atoms with van der Waals surface area (Å²) in [5.74, 6) is -0.320. The Kier molecular flexibility index (Phi) is 6.26. The molecule has 0 aliphatic carbocycles. The zero-order valence-corrected chi connectivity index (χ0v) is 17.5. The van der Waals surface area contributed by atoms with Crippen LogP contribution in [0.2, 0.25) is 0 Å². The Hall–Kier alpha value is -3.13. The summed E-state index contributed by atoms with van der Waals surface area (Å²) in [5, 5.41) is 0. The second kappa shape index (κ2) is 8.71. The Morgan fingerprint density at radius 1 is 0.867 bits per heavy atom. The number of nitrogens with zero attached hydrogens (tertiary/aromatic N) is 1. The van der Waals surface area contributed by atoms with Gasteiger partial charge < -0.3 is 9.47 Å². The average Bonchev–Trinajstić information content (AvgIpc) is 2.73. The Morgan fingerprint density at radius 2 is 1.50 bits per heavy atom. The first kappa shape index (κ1) is 21.6. The number of rotatable bonds is 7. The van der Waals surface area contributed by atoms with E-state index in [0.29, 0.717) is 22.6 Å². The molecule has 0 saturated carbocycles. The second-order valence-corrected chi connectivity index (χ2v) is 8.45. The Morgan fingerprint density at radius 3 is 2.10 bits per heavy atom. The zero-order valence-electron chi connectivity index (χ0n) is 16.7. The molecule has 0 unspecified atom stereocenters. The molecular formula is C22H21F2NO4S. The molecular weight excluding hydrogens is 412 g/mol. The maximum absolute atomic E-state index is 13.9. The third-order valence-electron chi connectivity index (χ3n) is 4.55. The van der Waals surface area contributed by atoms with Gasteiger partial charge in [0.05, 0.1) is 31.3 Å². The van der Waals surface area contributed by atoms with Crippen LogP contribution in [0.15, 0.2) is 65.6 Å². The van der Waals surface area contributed by atoms with Gasteiger partial charge in [0.2, 0.25) is 0 Å². The van der Waals surface area contributed by atoms with Crippen LogP contribution in [0.1, 0.15) is 11.1 Å². The molecule has 8 heteroatoms. The first-order valence-electron chi connectivity index (χ1n) is 9.01. The third-order valence-corrected chi connectivity index (χ3v) is 6.47. The van der Waals surface area contributed by atoms with E-state index in [9.17, 15) is 17.2 Å². The maximum Gasteiger partial charge on any atom is 0.264 e. The van der Waals surface area contributed by atoms with Crippen LogP contribution < -0.4 is 13.8 Å². The van der Waals surface area contributed by atoms with Crippen molar-refractivity contribution in [1.82, 2.24) is 0 Å². The van der Waals surface area contributed by atoms with Gasteiger partial charge in [0, 0.05) is 6.07 Å². The van der Waals surface area contributed by atoms with E-state index < -0.39 is 21.7 Å². The van der Waals surface area contributed by atoms with Gasteiger partial charge in [-0.2, -0.15) is 0 Å². The van der Waals surface area contributed by atoms with Gasteiger partial charge in [-0.3, -0.25) is 4.31 Å². The van der Waals surface area contributed by atoms with Crippen LogP contribution in [0, 0.1) is 18.6 Å². The number of aryl methyl sites for hydroxylation is 1. The van der Waals surface area contributed by atoms with Gasteiger partial charge >= 0.3 is 0 Å². The Labute approximate surface area is 174 Å². The van der Waals surface area contributed by atoms with E-state index >= 15 is 0 Å². The molecule has 0 amide bonds. The van der Waals surface area contributed by atoms with Crippen LogP contribution in [-0.2, 0) is 16.6 Å². The van der Waals surface area contributed by atoms with Gasteiger partial charge in [0.25, 0.3) is 10.0 Å². The molecule has 0 aliphatic rings. The van der Waals surface area contributed by atoms with E-state index in [1.165, 1.54) is 44.6 Å². The van der Waals surface area contributed by atoms with E-state index in [0.717, 1.165) is 16.4 Å². The minimum Gasteiger partial charge on any atom is -0.497 e. The van der Waals surface area contributed by atoms with Crippen molar-refractivity contribution in [3.05, 3.63) is 83.4 Å². The maximum atomic E-state index is 13.9. The van der Waals surface area contributed by atoms with Crippen molar-refractivity contribution in [1.29, 1.82) is 0 Å². The second-order valence-electron chi connectivity index (χ2n) is 6.62. The third kappa shape index (κ3) is 4.54. The van der Waals surface area contributed by atoms with Crippen molar-refractivity contribution in [2.45, 2.75) is 18.4 Å². The Balaban J connectivity index is 2.16. The highest BCUT2D eigenvalue weighted by Crippen LogP contribution is 2.31. The molecule has 0 aliphatic heterocycles. The van der Waals surface area contributed by atoms with Gasteiger partial charge in [-0.15, -0.1) is 0 Å². The lowest BCUT2D eigenvalue weighted by atomic mass is 10.2. The summed E-state index contributed by atoms with van der Waals surface area (Å²) < 4.78 is 66.3. The lowest BCUT2D eigenvalue weighted by Crippen LogP contribution is -2.31. The normalized spacial score (nSPS) is 11.2. The minimum atomic E-state index is -4.22. The summed E-state index contributed by atoms with van der Waals surface area (Å²) in [6.45, 7) is 1.43. The molecule has 0 saturated heterocycles. The van der Waals surface area contributed by atoms with Crippen LogP contribution >= 0.6 is 0 Å². The van der Waals surface area contributed by atoms with Crippen molar-refractivity contribution in [3.8, 4) is 11.5 Å². The number of sulfonamides is 1. The molecule has 3 aromatic carbocycles. The van der Waals surface area contributed by atoms with Crippen LogP contribution in [0.5, 0.6) is 11.5 Å². The number of methoxy groups -OCH3 is 2. The molecule has 0 heterocycles. The number of hydrogen-bond acceptors (Lipinski definition) is 4. The predicted octanol–water partition coefficient (Wildman–Crippen LogP) is 4.69. The lowest BCUT2D eigenvalue weighted by Gasteiger charge is -2.26. The van der Waals surface area contributed by atoms with Crippen LogP contribution in [0.25, 0.3) is 0 Å². The molecule has 0 radical (unpaired) electrons. The largest absolute Gasteiger partial charge is 0.497 e. The fraction of sp³-hybridized carbons (Fsp3) is 0.182. The van der Waals surface area contributed by atoms with E-state index in [1.54, 1.807) is 25.1 Å². The smallest absolute Gasteiger partial charge is 0.264 e. The van der Waals surface area contributed by atoms with Crippen molar-refractivity contribution in [3.63, 3.8) is 0 Å². The summed E-state index contributed by atoms with van der Waals surface area (Å²) >= 11 is 0. The van der Waals surface area contributed by atoms with E-state index in [1.807, 2.05) is 0 Å². The van der Waals surface area contributed by atoms with Crippen molar-refractivity contribution in [2.75, 3.05) is 18.5 Å². The molecule has 0 spiro atoms. The van der Waals surface area contributed by atoms with Gasteiger partial charge in [0.1, 0.15) is 23.1 Å². The molecule has 0 aromatic heterocycles. The van der Waals surface area contributed by atoms with E-state index in [2.05, 4.69) is 0 Å². The number of anilines is 1. The minimum absolute atomic E-state index is 0.112. The summed E-state index contributed by atoms with van der Waals surface area (Å²) in [4.78, 5) is -0.193. The van der Waals surface area contributed by atoms with Crippen molar-refractivity contribution in [2.24, 2.45) is 0 Å². The fourth-order valence-electron chi connectivity index (χ4n) is 3.04. The molecule has 3 rings (SSSR count). The van der Waals surface area contributed by atoms with E-state index in [-0.39, 0.29) is 17.1 Å². The SMILES string of the molecule is COc1cc(CN(c2cccc(F)c2)S(=O)(=O)c2cc(F)ccc2C)cc(OC)c1. The van der Waals surface area contributed by atoms with Crippen molar-refractivity contribution < 1.29 is 26.7 Å². The van der Waals surface area contributed by atoms with Gasteiger partial charge in [-0.25, -0.2) is 17.2 Å². The summed E-state index contributed by atoms with van der Waals surface area (Å²) in [5.41, 5.74) is 1.04. The molecule has 0 bridgehead atoms. The summed E-state index contributed by atoms with van der Waals surface area (Å²) in [7, 11) is -1.25. The fourth-order valence-corrected chi connectivity index (χ4v) is 4.72. The lowest BCUT2D eigenvalue weighted by molar-refractivity contribution is 0.393. The number of hydrogen-bond donors (Lipinski definition) is 0. The van der Waals surface area contributed by atoms with Crippen LogP contribution in [0.4, 0.5) is 14.5 Å². The molecule has 5 nitrogen and oxygen atoms in total. The highest BCUT2D eigenvalue weighted by Gasteiger charge is 2.28. The van der Waals surface area contributed by atoms with Crippen LogP contribution in [-0.4, -0.2) is 22.6 Å². The highest BCUT2D eigenvalue weighted by atomic mass is 32.2. The van der Waals surface area contributed by atoms with E-state index in [4.69, 9.17) is 9.47 Å². The highest BCUT2D eigenvalue weighted by molar-refractivity contribution is 7.92. The molecule has 3 aromatic rings. The molecule has 0 atom stereocenters. The molecule has 0 N–H and O–H groups in total. The van der Waals surface area contributed by atoms with Gasteiger partial charge in [-0.05, 0) is 60.5 Å². The molecule has 158 valence electrons. The number of ether oxygens (including phenoxy) is 2. The molecule has 0 fully saturated rings. The quantitative estimate of drug-likeness (QED) is 0.543. The monoisotopic (exact) mass is 433 g/mol. The topological polar surface area (TPSA) is 55.8 Å². The molecule has 30 heavy (non-hydrogen) atoms. The predicted molar refractivity (Wildman–Crippen MR) is 110 cm³/mol. The van der Waals surface area contributed by atoms with Crippen LogP contribution in [0.3, 0.4) is 0 Å². The van der Waals surface area contributed by atoms with Crippen molar-refractivity contribution >= 4 is 15.7 Å². The number of benzene rings is 3. The standard InChI is InChI=1S/C22H21F2NO4S/c1-15-7-8-18(24)12-22(15)30(26,27)25(19-6-4-5-17(23)11-19)14-16-9-20(28-2)13-21(10-16)29-3/h4-13H,14H2,1-3H3. The summed E-state index contributed by atoms with van der Waals surface area (Å²) in [6.07, 6.45) is 0. The average molecular weight is 433 g/mol. The zero-order chi connectivity index (χ0) is 21.9. The first-order chi connectivity index (χ1) is 14.2. The van der Waals surface area contributed by atoms with Gasteiger partial charge in [-0.1, -0.05) is 12.1 Å². The van der Waals surface area contributed by atoms with Gasteiger partial charge in [0.15, 0.2) is 0 Å². The Bertz CT molecular complexity index is 1140. The number of halogens is 2. The summed E-state index contributed by atoms with van der Waals surface area (Å²) in [6, 6.07) is 13.7.